The maximum Gasteiger partial charge on any atom is 0.115 e. The van der Waals surface area contributed by atoms with Crippen molar-refractivity contribution in [3.8, 4) is 6.07 Å². The predicted octanol–water partition coefficient (Wildman–Crippen LogP) is 3.17. The van der Waals surface area contributed by atoms with Crippen molar-refractivity contribution in [1.29, 1.82) is 5.26 Å². The molecule has 1 fully saturated rings. The molecule has 0 spiro atoms. The fraction of sp³-hybridized carbons (Fsp3) is 0.538. The molecule has 0 aromatic carbocycles. The zero-order valence-electron chi connectivity index (χ0n) is 9.25. The quantitative estimate of drug-likeness (QED) is 0.764. The Hall–Kier alpha value is -1.43. The Morgan fingerprint density at radius 1 is 1.31 bits per heavy atom. The van der Waals surface area contributed by atoms with Crippen molar-refractivity contribution in [2.45, 2.75) is 44.2 Å². The van der Waals surface area contributed by atoms with Crippen molar-refractivity contribution < 1.29 is 4.39 Å². The van der Waals surface area contributed by atoms with E-state index in [0.717, 1.165) is 24.8 Å². The Balaban J connectivity index is 2.10. The fourth-order valence-corrected chi connectivity index (χ4v) is 2.37. The van der Waals surface area contributed by atoms with E-state index in [0.29, 0.717) is 24.8 Å². The second kappa shape index (κ2) is 4.61. The van der Waals surface area contributed by atoms with Crippen LogP contribution in [0.15, 0.2) is 18.5 Å². The molecule has 0 unspecified atom stereocenters. The standard InChI is InChI=1S/C13H15FN2/c14-13(4-2-1-3-5-13)7-11-6-12(8-15)10-16-9-11/h6,9-10H,1-5,7H2. The second-order valence-electron chi connectivity index (χ2n) is 4.58. The number of nitrogens with zero attached hydrogens (tertiary/aromatic N) is 2. The largest absolute Gasteiger partial charge is 0.263 e. The average molecular weight is 218 g/mol. The van der Waals surface area contributed by atoms with E-state index in [9.17, 15) is 4.39 Å². The Morgan fingerprint density at radius 2 is 2.06 bits per heavy atom. The van der Waals surface area contributed by atoms with Gasteiger partial charge in [-0.1, -0.05) is 19.3 Å². The van der Waals surface area contributed by atoms with Crippen LogP contribution in [-0.4, -0.2) is 10.7 Å². The minimum absolute atomic E-state index is 0.398. The lowest BCUT2D eigenvalue weighted by atomic mass is 9.82. The number of hydrogen-bond donors (Lipinski definition) is 0. The number of nitriles is 1. The monoisotopic (exact) mass is 218 g/mol. The number of alkyl halides is 1. The second-order valence-corrected chi connectivity index (χ2v) is 4.58. The van der Waals surface area contributed by atoms with Gasteiger partial charge >= 0.3 is 0 Å². The predicted molar refractivity (Wildman–Crippen MR) is 59.6 cm³/mol. The maximum atomic E-state index is 14.4. The van der Waals surface area contributed by atoms with Gasteiger partial charge in [0.15, 0.2) is 0 Å². The molecule has 0 bridgehead atoms. The highest BCUT2D eigenvalue weighted by molar-refractivity contribution is 5.29. The normalized spacial score (nSPS) is 19.0. The third-order valence-electron chi connectivity index (χ3n) is 3.19. The van der Waals surface area contributed by atoms with Gasteiger partial charge in [0.2, 0.25) is 0 Å². The highest BCUT2D eigenvalue weighted by Crippen LogP contribution is 2.34. The molecule has 1 aromatic heterocycles. The van der Waals surface area contributed by atoms with E-state index < -0.39 is 5.67 Å². The molecule has 2 nitrogen and oxygen atoms in total. The smallest absolute Gasteiger partial charge is 0.115 e. The lowest BCUT2D eigenvalue weighted by Gasteiger charge is -2.29. The lowest BCUT2D eigenvalue weighted by molar-refractivity contribution is 0.107. The number of aromatic nitrogens is 1. The number of pyridine rings is 1. The van der Waals surface area contributed by atoms with Gasteiger partial charge in [-0.15, -0.1) is 0 Å². The van der Waals surface area contributed by atoms with Crippen LogP contribution in [0.5, 0.6) is 0 Å². The van der Waals surface area contributed by atoms with E-state index in [4.69, 9.17) is 5.26 Å². The summed E-state index contributed by atoms with van der Waals surface area (Å²) in [7, 11) is 0. The van der Waals surface area contributed by atoms with Crippen molar-refractivity contribution in [1.82, 2.24) is 4.98 Å². The average Bonchev–Trinajstić information content (AvgIpc) is 2.29. The summed E-state index contributed by atoms with van der Waals surface area (Å²) in [6.07, 6.45) is 7.95. The number of halogens is 1. The zero-order chi connectivity index (χ0) is 11.4. The molecule has 1 aliphatic rings. The summed E-state index contributed by atoms with van der Waals surface area (Å²) < 4.78 is 14.4. The molecule has 0 saturated heterocycles. The minimum Gasteiger partial charge on any atom is -0.263 e. The summed E-state index contributed by atoms with van der Waals surface area (Å²) in [5.74, 6) is 0. The molecular weight excluding hydrogens is 203 g/mol. The van der Waals surface area contributed by atoms with Gasteiger partial charge in [-0.2, -0.15) is 5.26 Å². The topological polar surface area (TPSA) is 36.7 Å². The third kappa shape index (κ3) is 2.57. The molecule has 0 aliphatic heterocycles. The first-order valence-corrected chi connectivity index (χ1v) is 5.75. The van der Waals surface area contributed by atoms with E-state index in [2.05, 4.69) is 4.98 Å². The minimum atomic E-state index is -1.08. The van der Waals surface area contributed by atoms with Crippen molar-refractivity contribution in [3.05, 3.63) is 29.6 Å². The van der Waals surface area contributed by atoms with Crippen LogP contribution < -0.4 is 0 Å². The maximum absolute atomic E-state index is 14.4. The van der Waals surface area contributed by atoms with Crippen LogP contribution in [0.4, 0.5) is 4.39 Å². The number of rotatable bonds is 2. The Kier molecular flexibility index (Phi) is 3.19. The Labute approximate surface area is 95.1 Å². The molecule has 1 heterocycles. The van der Waals surface area contributed by atoms with Gasteiger partial charge < -0.3 is 0 Å². The van der Waals surface area contributed by atoms with Gasteiger partial charge in [0, 0.05) is 18.8 Å². The molecule has 0 atom stereocenters. The molecule has 16 heavy (non-hydrogen) atoms. The Bertz CT molecular complexity index is 403. The van der Waals surface area contributed by atoms with Crippen LogP contribution in [0, 0.1) is 11.3 Å². The summed E-state index contributed by atoms with van der Waals surface area (Å²) in [6.45, 7) is 0. The van der Waals surface area contributed by atoms with Crippen molar-refractivity contribution in [2.24, 2.45) is 0 Å². The van der Waals surface area contributed by atoms with E-state index >= 15 is 0 Å². The van der Waals surface area contributed by atoms with E-state index in [1.807, 2.05) is 6.07 Å². The third-order valence-corrected chi connectivity index (χ3v) is 3.19. The van der Waals surface area contributed by atoms with Crippen molar-refractivity contribution in [2.75, 3.05) is 0 Å². The molecule has 3 heteroatoms. The number of hydrogen-bond acceptors (Lipinski definition) is 2. The summed E-state index contributed by atoms with van der Waals surface area (Å²) in [4.78, 5) is 3.96. The van der Waals surface area contributed by atoms with Gasteiger partial charge in [-0.05, 0) is 24.5 Å². The summed E-state index contributed by atoms with van der Waals surface area (Å²) in [5, 5.41) is 8.75. The lowest BCUT2D eigenvalue weighted by Crippen LogP contribution is -2.28. The van der Waals surface area contributed by atoms with Gasteiger partial charge in [0.05, 0.1) is 5.56 Å². The fourth-order valence-electron chi connectivity index (χ4n) is 2.37. The first-order valence-electron chi connectivity index (χ1n) is 5.75. The summed E-state index contributed by atoms with van der Waals surface area (Å²) >= 11 is 0. The van der Waals surface area contributed by atoms with Gasteiger partial charge in [-0.25, -0.2) is 4.39 Å². The van der Waals surface area contributed by atoms with E-state index in [1.165, 1.54) is 6.20 Å². The molecule has 0 amide bonds. The SMILES string of the molecule is N#Cc1cncc(CC2(F)CCCCC2)c1. The molecular formula is C13H15FN2. The molecule has 84 valence electrons. The van der Waals surface area contributed by atoms with Crippen LogP contribution >= 0.6 is 0 Å². The molecule has 1 saturated carbocycles. The van der Waals surface area contributed by atoms with Crippen LogP contribution in [0.25, 0.3) is 0 Å². The first-order chi connectivity index (χ1) is 7.72. The molecule has 1 aliphatic carbocycles. The molecule has 0 N–H and O–H groups in total. The van der Waals surface area contributed by atoms with Gasteiger partial charge in [0.1, 0.15) is 11.7 Å². The Morgan fingerprint density at radius 3 is 2.75 bits per heavy atom. The first kappa shape index (κ1) is 11.1. The van der Waals surface area contributed by atoms with Crippen LogP contribution in [0.1, 0.15) is 43.2 Å². The molecule has 2 rings (SSSR count). The summed E-state index contributed by atoms with van der Waals surface area (Å²) in [6, 6.07) is 3.77. The molecule has 0 radical (unpaired) electrons. The van der Waals surface area contributed by atoms with Crippen LogP contribution in [-0.2, 0) is 6.42 Å². The molecule has 1 aromatic rings. The zero-order valence-corrected chi connectivity index (χ0v) is 9.25. The van der Waals surface area contributed by atoms with Crippen LogP contribution in [0.3, 0.4) is 0 Å². The van der Waals surface area contributed by atoms with E-state index in [1.54, 1.807) is 12.3 Å². The highest BCUT2D eigenvalue weighted by Gasteiger charge is 2.31. The van der Waals surface area contributed by atoms with Crippen LogP contribution in [0.2, 0.25) is 0 Å². The van der Waals surface area contributed by atoms with Gasteiger partial charge in [0.25, 0.3) is 0 Å². The van der Waals surface area contributed by atoms with Crippen molar-refractivity contribution >= 4 is 0 Å². The van der Waals surface area contributed by atoms with Gasteiger partial charge in [-0.3, -0.25) is 4.98 Å². The van der Waals surface area contributed by atoms with Crippen molar-refractivity contribution in [3.63, 3.8) is 0 Å². The highest BCUT2D eigenvalue weighted by atomic mass is 19.1. The van der Waals surface area contributed by atoms with E-state index in [-0.39, 0.29) is 0 Å². The summed E-state index contributed by atoms with van der Waals surface area (Å²) in [5.41, 5.74) is 0.272.